The number of rotatable bonds is 6. The summed E-state index contributed by atoms with van der Waals surface area (Å²) < 4.78 is 0. The monoisotopic (exact) mass is 259 g/mol. The van der Waals surface area contributed by atoms with Crippen LogP contribution >= 0.6 is 23.2 Å². The largest absolute Gasteiger partial charge is 0.310 e. The smallest absolute Gasteiger partial charge is 0.0595 e. The van der Waals surface area contributed by atoms with Gasteiger partial charge in [0, 0.05) is 6.04 Å². The number of benzene rings is 1. The molecule has 1 aromatic carbocycles. The number of hydrogen-bond acceptors (Lipinski definition) is 1. The Balaban J connectivity index is 2.67. The van der Waals surface area contributed by atoms with Crippen molar-refractivity contribution in [2.75, 3.05) is 6.54 Å². The lowest BCUT2D eigenvalue weighted by Crippen LogP contribution is -2.21. The second-order valence-corrected chi connectivity index (χ2v) is 4.76. The van der Waals surface area contributed by atoms with Gasteiger partial charge in [0.2, 0.25) is 0 Å². The first-order valence-corrected chi connectivity index (χ1v) is 6.63. The molecule has 0 aliphatic heterocycles. The molecule has 0 aliphatic carbocycles. The fraction of sp³-hybridized carbons (Fsp3) is 0.538. The van der Waals surface area contributed by atoms with Crippen molar-refractivity contribution in [3.63, 3.8) is 0 Å². The van der Waals surface area contributed by atoms with Gasteiger partial charge in [-0.15, -0.1) is 0 Å². The molecule has 0 bridgehead atoms. The minimum atomic E-state index is 0.376. The van der Waals surface area contributed by atoms with Crippen LogP contribution in [0.3, 0.4) is 0 Å². The van der Waals surface area contributed by atoms with Gasteiger partial charge in [0.1, 0.15) is 0 Å². The van der Waals surface area contributed by atoms with E-state index >= 15 is 0 Å². The zero-order chi connectivity index (χ0) is 12.0. The van der Waals surface area contributed by atoms with Gasteiger partial charge in [0.15, 0.2) is 0 Å². The molecule has 0 fully saturated rings. The lowest BCUT2D eigenvalue weighted by molar-refractivity contribution is 0.508. The topological polar surface area (TPSA) is 12.0 Å². The van der Waals surface area contributed by atoms with Gasteiger partial charge in [0.25, 0.3) is 0 Å². The van der Waals surface area contributed by atoms with Gasteiger partial charge < -0.3 is 5.32 Å². The molecule has 0 saturated heterocycles. The van der Waals surface area contributed by atoms with Crippen molar-refractivity contribution < 1.29 is 0 Å². The molecule has 0 amide bonds. The van der Waals surface area contributed by atoms with Crippen LogP contribution in [0, 0.1) is 0 Å². The first-order valence-electron chi connectivity index (χ1n) is 5.87. The van der Waals surface area contributed by atoms with E-state index in [1.54, 1.807) is 0 Å². The van der Waals surface area contributed by atoms with E-state index in [0.29, 0.717) is 16.1 Å². The van der Waals surface area contributed by atoms with Crippen molar-refractivity contribution >= 4 is 23.2 Å². The number of nitrogens with one attached hydrogen (secondary N) is 1. The Kier molecular flexibility index (Phi) is 6.18. The van der Waals surface area contributed by atoms with Gasteiger partial charge in [-0.25, -0.2) is 0 Å². The zero-order valence-corrected chi connectivity index (χ0v) is 11.4. The van der Waals surface area contributed by atoms with E-state index in [1.807, 2.05) is 18.2 Å². The standard InChI is InChI=1S/C13H19Cl2N/c1-3-5-8-16-13(4-2)10-6-7-11(14)12(15)9-10/h6-7,9,13,16H,3-5,8H2,1-2H3. The van der Waals surface area contributed by atoms with Crippen LogP contribution in [0.5, 0.6) is 0 Å². The van der Waals surface area contributed by atoms with E-state index < -0.39 is 0 Å². The van der Waals surface area contributed by atoms with Crippen LogP contribution in [-0.2, 0) is 0 Å². The molecule has 0 saturated carbocycles. The summed E-state index contributed by atoms with van der Waals surface area (Å²) in [6.45, 7) is 5.42. The van der Waals surface area contributed by atoms with Crippen molar-refractivity contribution in [3.8, 4) is 0 Å². The molecule has 1 unspecified atom stereocenters. The van der Waals surface area contributed by atoms with Crippen LogP contribution in [0.25, 0.3) is 0 Å². The second kappa shape index (κ2) is 7.16. The minimum absolute atomic E-state index is 0.376. The molecule has 1 rings (SSSR count). The molecule has 90 valence electrons. The fourth-order valence-corrected chi connectivity index (χ4v) is 1.99. The van der Waals surface area contributed by atoms with Gasteiger partial charge in [-0.2, -0.15) is 0 Å². The van der Waals surface area contributed by atoms with Gasteiger partial charge in [0.05, 0.1) is 10.0 Å². The zero-order valence-electron chi connectivity index (χ0n) is 9.89. The summed E-state index contributed by atoms with van der Waals surface area (Å²) in [5.74, 6) is 0. The van der Waals surface area contributed by atoms with Crippen LogP contribution in [0.4, 0.5) is 0 Å². The summed E-state index contributed by atoms with van der Waals surface area (Å²) in [6, 6.07) is 6.24. The number of hydrogen-bond donors (Lipinski definition) is 1. The molecule has 0 aromatic heterocycles. The first-order chi connectivity index (χ1) is 7.69. The van der Waals surface area contributed by atoms with Crippen LogP contribution < -0.4 is 5.32 Å². The normalized spacial score (nSPS) is 12.8. The maximum Gasteiger partial charge on any atom is 0.0595 e. The van der Waals surface area contributed by atoms with Gasteiger partial charge >= 0.3 is 0 Å². The third-order valence-electron chi connectivity index (χ3n) is 2.68. The Hall–Kier alpha value is -0.240. The third kappa shape index (κ3) is 3.97. The summed E-state index contributed by atoms with van der Waals surface area (Å²) in [5.41, 5.74) is 1.22. The first kappa shape index (κ1) is 13.8. The Labute approximate surface area is 108 Å². The second-order valence-electron chi connectivity index (χ2n) is 3.94. The quantitative estimate of drug-likeness (QED) is 0.722. The van der Waals surface area contributed by atoms with E-state index in [0.717, 1.165) is 13.0 Å². The van der Waals surface area contributed by atoms with E-state index in [4.69, 9.17) is 23.2 Å². The van der Waals surface area contributed by atoms with Crippen molar-refractivity contribution in [3.05, 3.63) is 33.8 Å². The Bertz CT molecular complexity index is 326. The molecule has 16 heavy (non-hydrogen) atoms. The fourth-order valence-electron chi connectivity index (χ4n) is 1.68. The molecule has 1 atom stereocenters. The molecule has 0 heterocycles. The molecule has 1 N–H and O–H groups in total. The highest BCUT2D eigenvalue weighted by molar-refractivity contribution is 6.42. The van der Waals surface area contributed by atoms with Gasteiger partial charge in [-0.1, -0.05) is 49.5 Å². The van der Waals surface area contributed by atoms with Crippen LogP contribution in [0.15, 0.2) is 18.2 Å². The van der Waals surface area contributed by atoms with E-state index in [-0.39, 0.29) is 0 Å². The minimum Gasteiger partial charge on any atom is -0.310 e. The maximum absolute atomic E-state index is 6.02. The highest BCUT2D eigenvalue weighted by Crippen LogP contribution is 2.26. The van der Waals surface area contributed by atoms with Crippen molar-refractivity contribution in [1.82, 2.24) is 5.32 Å². The lowest BCUT2D eigenvalue weighted by atomic mass is 10.0. The molecular formula is C13H19Cl2N. The lowest BCUT2D eigenvalue weighted by Gasteiger charge is -2.17. The van der Waals surface area contributed by atoms with E-state index in [1.165, 1.54) is 18.4 Å². The maximum atomic E-state index is 6.02. The average Bonchev–Trinajstić information content (AvgIpc) is 2.29. The SMILES string of the molecule is CCCCNC(CC)c1ccc(Cl)c(Cl)c1. The van der Waals surface area contributed by atoms with Crippen LogP contribution in [0.1, 0.15) is 44.7 Å². The van der Waals surface area contributed by atoms with E-state index in [2.05, 4.69) is 19.2 Å². The predicted molar refractivity (Wildman–Crippen MR) is 72.4 cm³/mol. The van der Waals surface area contributed by atoms with E-state index in [9.17, 15) is 0 Å². The van der Waals surface area contributed by atoms with Crippen LogP contribution in [0.2, 0.25) is 10.0 Å². The molecule has 1 nitrogen and oxygen atoms in total. The summed E-state index contributed by atoms with van der Waals surface area (Å²) in [6.07, 6.45) is 3.48. The predicted octanol–water partition coefficient (Wildman–Crippen LogP) is 4.83. The van der Waals surface area contributed by atoms with Gasteiger partial charge in [-0.3, -0.25) is 0 Å². The van der Waals surface area contributed by atoms with Crippen molar-refractivity contribution in [1.29, 1.82) is 0 Å². The molecule has 0 radical (unpaired) electrons. The Morgan fingerprint density at radius 1 is 1.19 bits per heavy atom. The number of halogens is 2. The van der Waals surface area contributed by atoms with Crippen molar-refractivity contribution in [2.24, 2.45) is 0 Å². The van der Waals surface area contributed by atoms with Crippen molar-refractivity contribution in [2.45, 2.75) is 39.2 Å². The molecular weight excluding hydrogens is 241 g/mol. The molecule has 1 aromatic rings. The third-order valence-corrected chi connectivity index (χ3v) is 3.41. The highest BCUT2D eigenvalue weighted by Gasteiger charge is 2.09. The van der Waals surface area contributed by atoms with Gasteiger partial charge in [-0.05, 0) is 37.1 Å². The number of unbranched alkanes of at least 4 members (excludes halogenated alkanes) is 1. The molecule has 0 spiro atoms. The Morgan fingerprint density at radius 3 is 2.50 bits per heavy atom. The molecule has 0 aliphatic rings. The molecule has 3 heteroatoms. The summed E-state index contributed by atoms with van der Waals surface area (Å²) >= 11 is 11.9. The summed E-state index contributed by atoms with van der Waals surface area (Å²) in [7, 11) is 0. The summed E-state index contributed by atoms with van der Waals surface area (Å²) in [5, 5.41) is 4.79. The highest BCUT2D eigenvalue weighted by atomic mass is 35.5. The Morgan fingerprint density at radius 2 is 1.94 bits per heavy atom. The van der Waals surface area contributed by atoms with Crippen LogP contribution in [-0.4, -0.2) is 6.54 Å². The average molecular weight is 260 g/mol. The summed E-state index contributed by atoms with van der Waals surface area (Å²) in [4.78, 5) is 0.